The second-order valence-corrected chi connectivity index (χ2v) is 19.4. The van der Waals surface area contributed by atoms with Crippen molar-refractivity contribution in [2.75, 3.05) is 33.9 Å². The molecule has 3 amide bonds. The first-order valence-corrected chi connectivity index (χ1v) is 24.3. The number of carbonyl (C=O) groups excluding carboxylic acids is 4. The van der Waals surface area contributed by atoms with Crippen LogP contribution in [0.4, 0.5) is 0 Å². The minimum atomic E-state index is -1.03. The molecular weight excluding hydrogens is 869 g/mol. The monoisotopic (exact) mass is 937 g/mol. The number of likely N-dealkylation sites (N-methyl/N-ethyl adjacent to an activating group) is 1. The molecule has 0 unspecified atom stereocenters. The number of carbonyl (C=O) groups is 4. The molecule has 14 heteroatoms. The fraction of sp³-hybridized carbons (Fsp3) is 0.455. The van der Waals surface area contributed by atoms with E-state index in [0.29, 0.717) is 32.4 Å². The Morgan fingerprint density at radius 1 is 1.06 bits per heavy atom. The topological polar surface area (TPSA) is 160 Å². The zero-order valence-corrected chi connectivity index (χ0v) is 41.7. The van der Waals surface area contributed by atoms with Gasteiger partial charge in [-0.05, 0) is 103 Å². The lowest BCUT2D eigenvalue weighted by Crippen LogP contribution is -2.62. The summed E-state index contributed by atoms with van der Waals surface area (Å²) >= 11 is 0. The summed E-state index contributed by atoms with van der Waals surface area (Å²) in [6.45, 7) is 16.0. The lowest BCUT2D eigenvalue weighted by molar-refractivity contribution is -0.155. The number of pyridine rings is 1. The van der Waals surface area contributed by atoms with Crippen LogP contribution < -0.4 is 15.5 Å². The fourth-order valence-electron chi connectivity index (χ4n) is 9.83. The molecule has 1 fully saturated rings. The molecule has 14 nitrogen and oxygen atoms in total. The summed E-state index contributed by atoms with van der Waals surface area (Å²) in [6.07, 6.45) is 6.54. The predicted octanol–water partition coefficient (Wildman–Crippen LogP) is 8.17. The predicted molar refractivity (Wildman–Crippen MR) is 270 cm³/mol. The number of amides is 3. The molecule has 4 heterocycles. The van der Waals surface area contributed by atoms with E-state index in [-0.39, 0.29) is 43.7 Å². The zero-order chi connectivity index (χ0) is 49.4. The van der Waals surface area contributed by atoms with E-state index >= 15 is 0 Å². The van der Waals surface area contributed by atoms with Gasteiger partial charge in [-0.2, -0.15) is 0 Å². The van der Waals surface area contributed by atoms with Crippen molar-refractivity contribution >= 4 is 40.6 Å². The third-order valence-electron chi connectivity index (χ3n) is 13.5. The van der Waals surface area contributed by atoms with Crippen LogP contribution in [0.3, 0.4) is 0 Å². The van der Waals surface area contributed by atoms with Crippen molar-refractivity contribution in [2.24, 2.45) is 21.3 Å². The van der Waals surface area contributed by atoms with Gasteiger partial charge in [0, 0.05) is 72.8 Å². The van der Waals surface area contributed by atoms with Gasteiger partial charge < -0.3 is 24.3 Å². The summed E-state index contributed by atoms with van der Waals surface area (Å²) in [7, 11) is 3.22. The van der Waals surface area contributed by atoms with E-state index in [1.807, 2.05) is 63.5 Å². The molecule has 5 aromatic rings. The summed E-state index contributed by atoms with van der Waals surface area (Å²) in [5.74, 6) is -1.12. The van der Waals surface area contributed by atoms with Crippen LogP contribution in [0, 0.1) is 18.3 Å². The number of benzene rings is 3. The van der Waals surface area contributed by atoms with Crippen molar-refractivity contribution < 1.29 is 28.7 Å². The number of esters is 1. The first kappa shape index (κ1) is 50.3. The third-order valence-corrected chi connectivity index (χ3v) is 13.5. The number of ether oxygens (including phenoxy) is 2. The van der Waals surface area contributed by atoms with E-state index in [4.69, 9.17) is 9.47 Å². The minimum Gasteiger partial charge on any atom is -0.496 e. The standard InChI is InChI=1S/C55H68N8O6/c1-10-38-22-24-56-32-44(38)51-42-30-55(6,7)33-69-54(67)45-18-14-26-63(60-45)53(66)46(28-37-16-13-17-39(27-37)40-20-21-47(41(42)29-40)62(51)11-2)59-52(65)50(35(3)4)61(8)49(64)23-25-57-34-58-31-43-36(5)15-12-19-48(43)68-9/h12-13,15-17,19-22,24,27,29,32,35,45-46,50,60H,10-11,14,18,23,25-26,28,30-31,33H2,1-9H3,(H,59,65)/t45-,46-,50-/m0/s1. The van der Waals surface area contributed by atoms with Crippen LogP contribution >= 0.6 is 0 Å². The van der Waals surface area contributed by atoms with Crippen molar-refractivity contribution in [1.29, 1.82) is 0 Å². The van der Waals surface area contributed by atoms with Gasteiger partial charge in [0.05, 0.1) is 38.5 Å². The van der Waals surface area contributed by atoms with Crippen molar-refractivity contribution in [3.63, 3.8) is 0 Å². The van der Waals surface area contributed by atoms with Gasteiger partial charge in [0.2, 0.25) is 11.8 Å². The van der Waals surface area contributed by atoms with Crippen molar-refractivity contribution in [3.05, 3.63) is 107 Å². The fourth-order valence-corrected chi connectivity index (χ4v) is 9.83. The lowest BCUT2D eigenvalue weighted by Gasteiger charge is -2.36. The SMILES string of the molecule is CCc1ccncc1-c1c2c3cc(ccc3n1CC)-c1cccc(c1)C[C@H](NC(=O)[C@H](C(C)C)N(C)C(=O)CCN=C=NCc1c(C)cccc1OC)C(=O)N1CCC[C@H](N1)C(=O)OCC(C)(C)C2. The molecule has 0 saturated carbocycles. The first-order valence-electron chi connectivity index (χ1n) is 24.3. The van der Waals surface area contributed by atoms with Crippen LogP contribution in [-0.2, 0) is 56.3 Å². The number of hydrogen-bond acceptors (Lipinski definition) is 10. The van der Waals surface area contributed by atoms with Crippen LogP contribution in [0.5, 0.6) is 5.75 Å². The minimum absolute atomic E-state index is 0.0335. The van der Waals surface area contributed by atoms with Crippen LogP contribution in [0.2, 0.25) is 0 Å². The second-order valence-electron chi connectivity index (χ2n) is 19.4. The molecule has 1 saturated heterocycles. The Balaban J connectivity index is 1.19. The number of aliphatic imine (C=N–C) groups is 2. The Morgan fingerprint density at radius 3 is 2.59 bits per heavy atom. The maximum absolute atomic E-state index is 14.7. The number of cyclic esters (lactones) is 1. The number of hydrazine groups is 1. The van der Waals surface area contributed by atoms with E-state index < -0.39 is 35.4 Å². The number of nitrogens with zero attached hydrogens (tertiary/aromatic N) is 6. The normalized spacial score (nSPS) is 17.6. The summed E-state index contributed by atoms with van der Waals surface area (Å²) < 4.78 is 14.0. The Hall–Kier alpha value is -6.63. The highest BCUT2D eigenvalue weighted by Crippen LogP contribution is 2.41. The average Bonchev–Trinajstić information content (AvgIpc) is 3.64. The van der Waals surface area contributed by atoms with Gasteiger partial charge in [0.25, 0.3) is 5.91 Å². The number of nitrogens with one attached hydrogen (secondary N) is 2. The molecule has 364 valence electrons. The number of fused-ring (bicyclic) bond motifs is 6. The molecule has 2 aromatic heterocycles. The summed E-state index contributed by atoms with van der Waals surface area (Å²) in [6, 6.07) is 22.6. The van der Waals surface area contributed by atoms with Crippen LogP contribution in [-0.4, -0.2) is 101 Å². The van der Waals surface area contributed by atoms with E-state index in [9.17, 15) is 19.2 Å². The number of rotatable bonds is 13. The number of hydrogen-bond donors (Lipinski definition) is 2. The van der Waals surface area contributed by atoms with E-state index in [1.165, 1.54) is 21.0 Å². The lowest BCUT2D eigenvalue weighted by atomic mass is 9.84. The summed E-state index contributed by atoms with van der Waals surface area (Å²) in [4.78, 5) is 71.3. The maximum Gasteiger partial charge on any atom is 0.324 e. The smallest absolute Gasteiger partial charge is 0.324 e. The van der Waals surface area contributed by atoms with Crippen molar-refractivity contribution in [2.45, 2.75) is 118 Å². The van der Waals surface area contributed by atoms with Gasteiger partial charge in [-0.25, -0.2) is 15.4 Å². The van der Waals surface area contributed by atoms with E-state index in [2.05, 4.69) is 100 Å². The Labute approximate surface area is 406 Å². The molecule has 3 atom stereocenters. The molecule has 0 radical (unpaired) electrons. The summed E-state index contributed by atoms with van der Waals surface area (Å²) in [5, 5.41) is 5.63. The molecule has 6 bridgehead atoms. The summed E-state index contributed by atoms with van der Waals surface area (Å²) in [5.41, 5.74) is 13.2. The number of methoxy groups -OCH3 is 1. The van der Waals surface area contributed by atoms with Gasteiger partial charge >= 0.3 is 5.97 Å². The molecule has 2 aliphatic heterocycles. The average molecular weight is 937 g/mol. The van der Waals surface area contributed by atoms with Crippen LogP contribution in [0.15, 0.2) is 89.1 Å². The molecule has 7 rings (SSSR count). The van der Waals surface area contributed by atoms with Gasteiger partial charge in [-0.3, -0.25) is 29.2 Å². The second kappa shape index (κ2) is 22.2. The number of aryl methyl sites for hydroxylation is 3. The molecule has 3 aromatic carbocycles. The third kappa shape index (κ3) is 11.5. The highest BCUT2D eigenvalue weighted by atomic mass is 16.5. The van der Waals surface area contributed by atoms with Gasteiger partial charge in [0.15, 0.2) is 0 Å². The van der Waals surface area contributed by atoms with Gasteiger partial charge in [0.1, 0.15) is 23.9 Å². The van der Waals surface area contributed by atoms with E-state index in [0.717, 1.165) is 68.7 Å². The first-order chi connectivity index (χ1) is 33.1. The van der Waals surface area contributed by atoms with Crippen molar-refractivity contribution in [3.8, 4) is 28.1 Å². The maximum atomic E-state index is 14.7. The highest BCUT2D eigenvalue weighted by molar-refractivity contribution is 5.96. The van der Waals surface area contributed by atoms with Crippen LogP contribution in [0.1, 0.15) is 88.6 Å². The van der Waals surface area contributed by atoms with Gasteiger partial charge in [-0.15, -0.1) is 0 Å². The molecule has 0 aliphatic carbocycles. The number of aromatic nitrogens is 2. The molecule has 0 spiro atoms. The Kier molecular flexibility index (Phi) is 16.2. The Morgan fingerprint density at radius 2 is 1.84 bits per heavy atom. The molecular formula is C55H68N8O6. The van der Waals surface area contributed by atoms with E-state index in [1.54, 1.807) is 14.2 Å². The van der Waals surface area contributed by atoms with Gasteiger partial charge in [-0.1, -0.05) is 77.1 Å². The molecule has 2 N–H and O–H groups in total. The van der Waals surface area contributed by atoms with Crippen molar-refractivity contribution in [1.82, 2.24) is 30.2 Å². The van der Waals surface area contributed by atoms with Crippen LogP contribution in [0.25, 0.3) is 33.3 Å². The largest absolute Gasteiger partial charge is 0.496 e. The zero-order valence-electron chi connectivity index (χ0n) is 41.7. The highest BCUT2D eigenvalue weighted by Gasteiger charge is 2.37. The molecule has 69 heavy (non-hydrogen) atoms. The molecule has 2 aliphatic rings. The quantitative estimate of drug-likeness (QED) is 0.0884. The Bertz CT molecular complexity index is 2750.